The molecule has 2 aliphatic rings. The Bertz CT molecular complexity index is 1200. The van der Waals surface area contributed by atoms with Crippen LogP contribution in [0.15, 0.2) is 66.7 Å². The summed E-state index contributed by atoms with van der Waals surface area (Å²) in [6.45, 7) is 0. The minimum atomic E-state index is -0.300. The van der Waals surface area contributed by atoms with Gasteiger partial charge in [0.05, 0.1) is 11.3 Å². The number of amides is 1. The van der Waals surface area contributed by atoms with Gasteiger partial charge in [-0.25, -0.2) is 13.9 Å². The molecule has 0 bridgehead atoms. The Morgan fingerprint density at radius 2 is 2.14 bits per heavy atom. The number of halogens is 1. The molecule has 0 spiro atoms. The Morgan fingerprint density at radius 1 is 1.21 bits per heavy atom. The lowest BCUT2D eigenvalue weighted by Crippen LogP contribution is -2.23. The number of allylic oxidation sites excluding steroid dienone is 4. The summed E-state index contributed by atoms with van der Waals surface area (Å²) in [5.74, 6) is -0.524. The third-order valence-electron chi connectivity index (χ3n) is 4.92. The lowest BCUT2D eigenvalue weighted by atomic mass is 10.0. The van der Waals surface area contributed by atoms with Gasteiger partial charge < -0.3 is 5.32 Å². The van der Waals surface area contributed by atoms with Gasteiger partial charge in [-0.1, -0.05) is 12.2 Å². The van der Waals surface area contributed by atoms with Crippen molar-refractivity contribution in [1.29, 1.82) is 0 Å². The lowest BCUT2D eigenvalue weighted by molar-refractivity contribution is 0.0966. The largest absolute Gasteiger partial charge is 0.322 e. The van der Waals surface area contributed by atoms with Crippen LogP contribution in [0.5, 0.6) is 0 Å². The van der Waals surface area contributed by atoms with Crippen LogP contribution in [-0.4, -0.2) is 25.5 Å². The summed E-state index contributed by atoms with van der Waals surface area (Å²) in [4.78, 5) is 21.2. The number of hydrogen-bond acceptors (Lipinski definition) is 4. The van der Waals surface area contributed by atoms with Gasteiger partial charge in [0.25, 0.3) is 5.91 Å². The van der Waals surface area contributed by atoms with E-state index in [0.29, 0.717) is 30.5 Å². The second kappa shape index (κ2) is 6.53. The van der Waals surface area contributed by atoms with Crippen molar-refractivity contribution in [3.8, 4) is 0 Å². The highest BCUT2D eigenvalue weighted by molar-refractivity contribution is 5.97. The number of nitrogens with zero attached hydrogens (tertiary/aromatic N) is 4. The van der Waals surface area contributed by atoms with Crippen LogP contribution in [0.2, 0.25) is 0 Å². The van der Waals surface area contributed by atoms with Crippen LogP contribution in [0.4, 0.5) is 4.39 Å². The van der Waals surface area contributed by atoms with Gasteiger partial charge in [-0.2, -0.15) is 5.10 Å². The average Bonchev–Trinajstić information content (AvgIpc) is 3.33. The Labute approximate surface area is 160 Å². The Hall–Kier alpha value is -3.61. The molecule has 28 heavy (non-hydrogen) atoms. The van der Waals surface area contributed by atoms with E-state index in [-0.39, 0.29) is 11.7 Å². The standard InChI is InChI=1S/C21H16FN5O/c22-15-2-1-3-16(9-15)26-21(28)14-8-18-17(5-6-19(18)23-10-14)13-4-7-20-24-12-25-27(20)11-13/h3-5,7-12H,1-2,6H2,(H,26,28). The molecule has 138 valence electrons. The highest BCUT2D eigenvalue weighted by Gasteiger charge is 2.20. The van der Waals surface area contributed by atoms with Crippen LogP contribution in [0, 0.1) is 0 Å². The van der Waals surface area contributed by atoms with Crippen LogP contribution < -0.4 is 5.32 Å². The van der Waals surface area contributed by atoms with Gasteiger partial charge in [0.1, 0.15) is 12.2 Å². The first-order valence-corrected chi connectivity index (χ1v) is 9.04. The number of pyridine rings is 2. The fourth-order valence-corrected chi connectivity index (χ4v) is 3.53. The van der Waals surface area contributed by atoms with Gasteiger partial charge >= 0.3 is 0 Å². The maximum atomic E-state index is 13.4. The van der Waals surface area contributed by atoms with E-state index in [9.17, 15) is 9.18 Å². The molecule has 3 aromatic rings. The predicted octanol–water partition coefficient (Wildman–Crippen LogP) is 3.37. The summed E-state index contributed by atoms with van der Waals surface area (Å²) in [5, 5.41) is 6.94. The molecule has 0 saturated heterocycles. The topological polar surface area (TPSA) is 72.2 Å². The number of fused-ring (bicyclic) bond motifs is 2. The summed E-state index contributed by atoms with van der Waals surface area (Å²) in [7, 11) is 0. The maximum absolute atomic E-state index is 13.4. The van der Waals surface area contributed by atoms with Crippen LogP contribution >= 0.6 is 0 Å². The highest BCUT2D eigenvalue weighted by atomic mass is 19.1. The molecule has 0 aromatic carbocycles. The SMILES string of the molecule is O=C(NC1=CCCC(F)=C1)c1cnc2c(c1)C(c1ccc3ncnn3c1)=CC2. The summed E-state index contributed by atoms with van der Waals surface area (Å²) >= 11 is 0. The van der Waals surface area contributed by atoms with Gasteiger partial charge in [-0.3, -0.25) is 9.78 Å². The van der Waals surface area contributed by atoms with Crippen molar-refractivity contribution in [2.45, 2.75) is 19.3 Å². The fourth-order valence-electron chi connectivity index (χ4n) is 3.53. The zero-order valence-corrected chi connectivity index (χ0v) is 14.9. The van der Waals surface area contributed by atoms with E-state index in [1.807, 2.05) is 30.5 Å². The Morgan fingerprint density at radius 3 is 3.04 bits per heavy atom. The van der Waals surface area contributed by atoms with E-state index < -0.39 is 0 Å². The van der Waals surface area contributed by atoms with E-state index in [1.165, 1.54) is 12.4 Å². The third kappa shape index (κ3) is 2.90. The number of aromatic nitrogens is 4. The van der Waals surface area contributed by atoms with Crippen LogP contribution in [0.3, 0.4) is 0 Å². The van der Waals surface area contributed by atoms with Crippen molar-refractivity contribution < 1.29 is 9.18 Å². The summed E-state index contributed by atoms with van der Waals surface area (Å²) < 4.78 is 15.1. The molecule has 0 radical (unpaired) electrons. The molecular weight excluding hydrogens is 357 g/mol. The van der Waals surface area contributed by atoms with Gasteiger partial charge in [0.15, 0.2) is 5.65 Å². The first-order chi connectivity index (χ1) is 13.7. The zero-order chi connectivity index (χ0) is 19.1. The molecule has 5 rings (SSSR count). The summed E-state index contributed by atoms with van der Waals surface area (Å²) in [6, 6.07) is 5.73. The second-order valence-electron chi connectivity index (χ2n) is 6.76. The smallest absolute Gasteiger partial charge is 0.257 e. The number of rotatable bonds is 3. The minimum absolute atomic E-state index is 0.224. The first kappa shape index (κ1) is 16.6. The molecule has 1 N–H and O–H groups in total. The normalized spacial score (nSPS) is 15.7. The molecule has 2 aliphatic carbocycles. The van der Waals surface area contributed by atoms with Crippen molar-refractivity contribution in [3.63, 3.8) is 0 Å². The quantitative estimate of drug-likeness (QED) is 0.764. The molecule has 6 nitrogen and oxygen atoms in total. The van der Waals surface area contributed by atoms with E-state index in [1.54, 1.807) is 10.7 Å². The molecule has 1 amide bonds. The van der Waals surface area contributed by atoms with Gasteiger partial charge in [0.2, 0.25) is 0 Å². The van der Waals surface area contributed by atoms with Crippen molar-refractivity contribution >= 4 is 17.1 Å². The highest BCUT2D eigenvalue weighted by Crippen LogP contribution is 2.32. The molecule has 7 heteroatoms. The predicted molar refractivity (Wildman–Crippen MR) is 102 cm³/mol. The molecule has 3 heterocycles. The summed E-state index contributed by atoms with van der Waals surface area (Å²) in [6.07, 6.45) is 11.9. The third-order valence-corrected chi connectivity index (χ3v) is 4.92. The van der Waals surface area contributed by atoms with E-state index in [4.69, 9.17) is 0 Å². The molecule has 0 fully saturated rings. The van der Waals surface area contributed by atoms with E-state index in [0.717, 1.165) is 28.0 Å². The first-order valence-electron chi connectivity index (χ1n) is 9.04. The van der Waals surface area contributed by atoms with E-state index in [2.05, 4.69) is 26.5 Å². The lowest BCUT2D eigenvalue weighted by Gasteiger charge is -2.12. The van der Waals surface area contributed by atoms with E-state index >= 15 is 0 Å². The number of carbonyl (C=O) groups excluding carboxylic acids is 1. The van der Waals surface area contributed by atoms with Gasteiger partial charge in [-0.05, 0) is 36.3 Å². The molecule has 0 saturated carbocycles. The van der Waals surface area contributed by atoms with Crippen molar-refractivity contribution in [1.82, 2.24) is 24.9 Å². The van der Waals surface area contributed by atoms with Crippen LogP contribution in [0.1, 0.15) is 40.0 Å². The van der Waals surface area contributed by atoms with Crippen LogP contribution in [-0.2, 0) is 6.42 Å². The molecular formula is C21H16FN5O. The number of hydrogen-bond donors (Lipinski definition) is 1. The van der Waals surface area contributed by atoms with Gasteiger partial charge in [-0.15, -0.1) is 0 Å². The monoisotopic (exact) mass is 373 g/mol. The Balaban J connectivity index is 1.45. The summed E-state index contributed by atoms with van der Waals surface area (Å²) in [5.41, 5.74) is 5.54. The van der Waals surface area contributed by atoms with Crippen molar-refractivity contribution in [2.75, 3.05) is 0 Å². The maximum Gasteiger partial charge on any atom is 0.257 e. The molecule has 0 aliphatic heterocycles. The number of nitrogens with one attached hydrogen (secondary N) is 1. The van der Waals surface area contributed by atoms with Crippen molar-refractivity contribution in [3.05, 3.63) is 89.1 Å². The fraction of sp³-hybridized carbons (Fsp3) is 0.143. The minimum Gasteiger partial charge on any atom is -0.322 e. The Kier molecular flexibility index (Phi) is 3.86. The van der Waals surface area contributed by atoms with Crippen LogP contribution in [0.25, 0.3) is 11.2 Å². The zero-order valence-electron chi connectivity index (χ0n) is 14.9. The second-order valence-corrected chi connectivity index (χ2v) is 6.76. The molecule has 3 aromatic heterocycles. The molecule has 0 atom stereocenters. The molecule has 0 unspecified atom stereocenters. The number of carbonyl (C=O) groups is 1. The van der Waals surface area contributed by atoms with Crippen molar-refractivity contribution in [2.24, 2.45) is 0 Å². The average molecular weight is 373 g/mol. The van der Waals surface area contributed by atoms with Gasteiger partial charge in [0, 0.05) is 42.1 Å².